The Morgan fingerprint density at radius 1 is 0.895 bits per heavy atom. The van der Waals surface area contributed by atoms with E-state index in [9.17, 15) is 4.79 Å². The van der Waals surface area contributed by atoms with Crippen molar-refractivity contribution in [3.05, 3.63) is 60.2 Å². The maximum absolute atomic E-state index is 11.3. The smallest absolute Gasteiger partial charge is 0.218 e. The van der Waals surface area contributed by atoms with E-state index in [1.165, 1.54) is 0 Å². The number of ketones is 1. The van der Waals surface area contributed by atoms with E-state index in [4.69, 9.17) is 10.2 Å². The zero-order chi connectivity index (χ0) is 13.0. The summed E-state index contributed by atoms with van der Waals surface area (Å²) in [5, 5.41) is 20.7. The van der Waals surface area contributed by atoms with Gasteiger partial charge in [-0.05, 0) is 36.4 Å². The third-order valence-electron chi connectivity index (χ3n) is 2.47. The minimum Gasteiger partial charge on any atom is -0.362 e. The first-order chi connectivity index (χ1) is 8.66. The summed E-state index contributed by atoms with van der Waals surface area (Å²) in [7, 11) is 0. The number of aliphatic hydroxyl groups excluding tert-OH is 1. The SMILES string of the molecule is O=C(c1ccc(Nc2ccccc2)cc1)C(O)O.[Na]. The molecule has 0 aliphatic rings. The maximum atomic E-state index is 11.3. The molecule has 2 aromatic carbocycles. The van der Waals surface area contributed by atoms with E-state index in [1.807, 2.05) is 30.3 Å². The van der Waals surface area contributed by atoms with Crippen molar-refractivity contribution in [2.45, 2.75) is 6.29 Å². The third kappa shape index (κ3) is 4.45. The molecule has 2 rings (SSSR count). The van der Waals surface area contributed by atoms with Crippen molar-refractivity contribution in [1.82, 2.24) is 0 Å². The van der Waals surface area contributed by atoms with Crippen LogP contribution in [0, 0.1) is 0 Å². The molecule has 0 bridgehead atoms. The molecule has 4 nitrogen and oxygen atoms in total. The van der Waals surface area contributed by atoms with Gasteiger partial charge in [0.05, 0.1) is 0 Å². The third-order valence-corrected chi connectivity index (χ3v) is 2.47. The monoisotopic (exact) mass is 266 g/mol. The van der Waals surface area contributed by atoms with Gasteiger partial charge >= 0.3 is 0 Å². The van der Waals surface area contributed by atoms with Gasteiger partial charge in [-0.15, -0.1) is 0 Å². The Labute approximate surface area is 133 Å². The van der Waals surface area contributed by atoms with Crippen LogP contribution < -0.4 is 5.32 Å². The first-order valence-electron chi connectivity index (χ1n) is 5.49. The number of rotatable bonds is 4. The van der Waals surface area contributed by atoms with E-state index in [0.29, 0.717) is 0 Å². The van der Waals surface area contributed by atoms with Gasteiger partial charge in [0.1, 0.15) is 0 Å². The van der Waals surface area contributed by atoms with Crippen LogP contribution >= 0.6 is 0 Å². The van der Waals surface area contributed by atoms with Gasteiger partial charge in [-0.3, -0.25) is 4.79 Å². The topological polar surface area (TPSA) is 69.6 Å². The van der Waals surface area contributed by atoms with Gasteiger partial charge in [0.15, 0.2) is 0 Å². The molecular weight excluding hydrogens is 253 g/mol. The summed E-state index contributed by atoms with van der Waals surface area (Å²) < 4.78 is 0. The molecule has 0 amide bonds. The quantitative estimate of drug-likeness (QED) is 0.446. The summed E-state index contributed by atoms with van der Waals surface area (Å²) in [5.41, 5.74) is 2.03. The number of para-hydroxylation sites is 1. The minimum atomic E-state index is -1.96. The van der Waals surface area contributed by atoms with Gasteiger partial charge < -0.3 is 15.5 Å². The molecule has 5 heteroatoms. The summed E-state index contributed by atoms with van der Waals surface area (Å²) >= 11 is 0. The molecule has 0 aromatic heterocycles. The second-order valence-corrected chi connectivity index (χ2v) is 3.81. The van der Waals surface area contributed by atoms with Gasteiger partial charge in [-0.2, -0.15) is 0 Å². The molecule has 3 N–H and O–H groups in total. The molecule has 0 saturated carbocycles. The van der Waals surface area contributed by atoms with Gasteiger partial charge in [0, 0.05) is 46.5 Å². The number of benzene rings is 2. The Balaban J connectivity index is 0.00000180. The molecule has 0 saturated heterocycles. The van der Waals surface area contributed by atoms with Crippen LogP contribution in [0.4, 0.5) is 11.4 Å². The van der Waals surface area contributed by atoms with E-state index in [0.717, 1.165) is 11.4 Å². The standard InChI is InChI=1S/C14H13NO3.Na/c16-13(14(17)18)10-6-8-12(9-7-10)15-11-4-2-1-3-5-11;/h1-9,14-15,17-18H;. The molecule has 0 unspecified atom stereocenters. The Morgan fingerprint density at radius 2 is 1.42 bits per heavy atom. The molecule has 0 atom stereocenters. The predicted molar refractivity (Wildman–Crippen MR) is 74.5 cm³/mol. The molecule has 0 aliphatic heterocycles. The van der Waals surface area contributed by atoms with Gasteiger partial charge in [0.2, 0.25) is 12.1 Å². The van der Waals surface area contributed by atoms with Crippen LogP contribution in [0.5, 0.6) is 0 Å². The van der Waals surface area contributed by atoms with Gasteiger partial charge in [0.25, 0.3) is 0 Å². The van der Waals surface area contributed by atoms with Crippen molar-refractivity contribution in [2.75, 3.05) is 5.32 Å². The Bertz CT molecular complexity index is 526. The van der Waals surface area contributed by atoms with Crippen molar-refractivity contribution in [3.63, 3.8) is 0 Å². The molecule has 93 valence electrons. The van der Waals surface area contributed by atoms with Crippen molar-refractivity contribution >= 4 is 46.7 Å². The second kappa shape index (κ2) is 7.43. The number of hydrogen-bond acceptors (Lipinski definition) is 4. The molecular formula is C14H13NNaO3. The van der Waals surface area contributed by atoms with E-state index in [2.05, 4.69) is 5.32 Å². The van der Waals surface area contributed by atoms with Crippen molar-refractivity contribution in [2.24, 2.45) is 0 Å². The molecule has 0 spiro atoms. The van der Waals surface area contributed by atoms with Gasteiger partial charge in [-0.1, -0.05) is 18.2 Å². The first-order valence-corrected chi connectivity index (χ1v) is 5.49. The minimum absolute atomic E-state index is 0. The zero-order valence-corrected chi connectivity index (χ0v) is 12.6. The summed E-state index contributed by atoms with van der Waals surface area (Å²) in [5.74, 6) is -0.707. The fourth-order valence-corrected chi connectivity index (χ4v) is 1.56. The summed E-state index contributed by atoms with van der Waals surface area (Å²) in [6.07, 6.45) is -1.96. The number of hydrogen-bond donors (Lipinski definition) is 3. The normalized spacial score (nSPS) is 9.84. The first kappa shape index (κ1) is 15.9. The molecule has 0 heterocycles. The van der Waals surface area contributed by atoms with Crippen molar-refractivity contribution in [3.8, 4) is 0 Å². The molecule has 1 radical (unpaired) electrons. The molecule has 0 aliphatic carbocycles. The molecule has 0 fully saturated rings. The Kier molecular flexibility index (Phi) is 6.21. The van der Waals surface area contributed by atoms with Crippen LogP contribution in [-0.4, -0.2) is 51.8 Å². The number of aliphatic hydroxyl groups is 2. The number of nitrogens with one attached hydrogen (secondary N) is 1. The largest absolute Gasteiger partial charge is 0.362 e. The van der Waals surface area contributed by atoms with E-state index in [-0.39, 0.29) is 35.1 Å². The van der Waals surface area contributed by atoms with Crippen molar-refractivity contribution in [1.29, 1.82) is 0 Å². The van der Waals surface area contributed by atoms with E-state index >= 15 is 0 Å². The van der Waals surface area contributed by atoms with Crippen LogP contribution in [0.3, 0.4) is 0 Å². The fraction of sp³-hybridized carbons (Fsp3) is 0.0714. The average molecular weight is 266 g/mol. The van der Waals surface area contributed by atoms with Crippen LogP contribution in [0.15, 0.2) is 54.6 Å². The van der Waals surface area contributed by atoms with Crippen LogP contribution in [0.2, 0.25) is 0 Å². The molecule has 19 heavy (non-hydrogen) atoms. The second-order valence-electron chi connectivity index (χ2n) is 3.81. The van der Waals surface area contributed by atoms with Gasteiger partial charge in [-0.25, -0.2) is 0 Å². The van der Waals surface area contributed by atoms with E-state index < -0.39 is 12.1 Å². The zero-order valence-electron chi connectivity index (χ0n) is 10.6. The number of anilines is 2. The van der Waals surface area contributed by atoms with Crippen LogP contribution in [0.25, 0.3) is 0 Å². The predicted octanol–water partition coefficient (Wildman–Crippen LogP) is 1.54. The Hall–Kier alpha value is -1.17. The van der Waals surface area contributed by atoms with Crippen LogP contribution in [0.1, 0.15) is 10.4 Å². The number of carbonyl (C=O) groups is 1. The number of Topliss-reactive ketones (excluding diaryl/α,β-unsaturated/α-hetero) is 1. The molecule has 2 aromatic rings. The van der Waals surface area contributed by atoms with E-state index in [1.54, 1.807) is 24.3 Å². The summed E-state index contributed by atoms with van der Waals surface area (Å²) in [6.45, 7) is 0. The summed E-state index contributed by atoms with van der Waals surface area (Å²) in [6, 6.07) is 16.1. The summed E-state index contributed by atoms with van der Waals surface area (Å²) in [4.78, 5) is 11.3. The van der Waals surface area contributed by atoms with Crippen molar-refractivity contribution < 1.29 is 15.0 Å². The maximum Gasteiger partial charge on any atom is 0.218 e. The Morgan fingerprint density at radius 3 is 1.95 bits per heavy atom. The van der Waals surface area contributed by atoms with Crippen LogP contribution in [-0.2, 0) is 0 Å². The fourth-order valence-electron chi connectivity index (χ4n) is 1.56. The number of carbonyl (C=O) groups excluding carboxylic acids is 1. The average Bonchev–Trinajstić information content (AvgIpc) is 2.40.